The summed E-state index contributed by atoms with van der Waals surface area (Å²) in [6.45, 7) is 2.20. The molecule has 5 nitrogen and oxygen atoms in total. The van der Waals surface area contributed by atoms with Crippen molar-refractivity contribution in [2.75, 3.05) is 25.6 Å². The van der Waals surface area contributed by atoms with Gasteiger partial charge in [0.05, 0.1) is 24.8 Å². The van der Waals surface area contributed by atoms with Crippen LogP contribution in [0.1, 0.15) is 18.5 Å². The van der Waals surface area contributed by atoms with Crippen LogP contribution in [0.3, 0.4) is 0 Å². The molecule has 2 rings (SSSR count). The van der Waals surface area contributed by atoms with Crippen molar-refractivity contribution in [3.05, 3.63) is 47.1 Å². The van der Waals surface area contributed by atoms with Gasteiger partial charge in [-0.25, -0.2) is 4.98 Å². The molecule has 0 aliphatic rings. The number of pyridine rings is 1. The van der Waals surface area contributed by atoms with Gasteiger partial charge in [-0.2, -0.15) is 0 Å². The monoisotopic (exact) mass is 322 g/mol. The van der Waals surface area contributed by atoms with E-state index in [0.717, 1.165) is 5.56 Å². The highest BCUT2D eigenvalue weighted by molar-refractivity contribution is 6.32. The number of anilines is 1. The van der Waals surface area contributed by atoms with Crippen molar-refractivity contribution in [2.45, 2.75) is 13.0 Å². The summed E-state index contributed by atoms with van der Waals surface area (Å²) in [5, 5.41) is 12.7. The van der Waals surface area contributed by atoms with E-state index >= 15 is 0 Å². The SMILES string of the molecule is COc1cc([C@@H](C)Nc2ncccc2Cl)ccc1OCCO. The summed E-state index contributed by atoms with van der Waals surface area (Å²) in [5.41, 5.74) is 1.01. The first-order chi connectivity index (χ1) is 10.7. The number of hydrogen-bond donors (Lipinski definition) is 2. The number of hydrogen-bond acceptors (Lipinski definition) is 5. The largest absolute Gasteiger partial charge is 0.493 e. The molecule has 2 aromatic rings. The second-order valence-electron chi connectivity index (χ2n) is 4.68. The van der Waals surface area contributed by atoms with Crippen molar-refractivity contribution in [3.63, 3.8) is 0 Å². The first-order valence-electron chi connectivity index (χ1n) is 6.94. The summed E-state index contributed by atoms with van der Waals surface area (Å²) in [4.78, 5) is 4.22. The Bertz CT molecular complexity index is 622. The Kier molecular flexibility index (Phi) is 5.86. The van der Waals surface area contributed by atoms with E-state index in [9.17, 15) is 0 Å². The topological polar surface area (TPSA) is 63.6 Å². The number of rotatable bonds is 7. The number of halogens is 1. The van der Waals surface area contributed by atoms with Gasteiger partial charge in [0.15, 0.2) is 11.5 Å². The first-order valence-corrected chi connectivity index (χ1v) is 7.32. The third-order valence-corrected chi connectivity index (χ3v) is 3.45. The molecule has 0 saturated heterocycles. The van der Waals surface area contributed by atoms with E-state index in [1.165, 1.54) is 0 Å². The second kappa shape index (κ2) is 7.87. The quantitative estimate of drug-likeness (QED) is 0.819. The molecule has 0 aliphatic carbocycles. The van der Waals surface area contributed by atoms with Gasteiger partial charge in [-0.15, -0.1) is 0 Å². The third kappa shape index (κ3) is 4.02. The summed E-state index contributed by atoms with van der Waals surface area (Å²) < 4.78 is 10.8. The van der Waals surface area contributed by atoms with Crippen LogP contribution in [0.25, 0.3) is 0 Å². The van der Waals surface area contributed by atoms with E-state index in [2.05, 4.69) is 10.3 Å². The predicted octanol–water partition coefficient (Wildman–Crippen LogP) is 3.29. The van der Waals surface area contributed by atoms with Gasteiger partial charge in [0.1, 0.15) is 12.4 Å². The van der Waals surface area contributed by atoms with E-state index < -0.39 is 0 Å². The molecule has 0 saturated carbocycles. The summed E-state index contributed by atoms with van der Waals surface area (Å²) in [5.74, 6) is 1.85. The van der Waals surface area contributed by atoms with Gasteiger partial charge in [-0.05, 0) is 36.8 Å². The maximum absolute atomic E-state index is 8.83. The molecule has 6 heteroatoms. The van der Waals surface area contributed by atoms with Gasteiger partial charge < -0.3 is 19.9 Å². The molecule has 0 bridgehead atoms. The number of nitrogens with zero attached hydrogens (tertiary/aromatic N) is 1. The molecule has 1 heterocycles. The van der Waals surface area contributed by atoms with Gasteiger partial charge >= 0.3 is 0 Å². The summed E-state index contributed by atoms with van der Waals surface area (Å²) in [6.07, 6.45) is 1.69. The second-order valence-corrected chi connectivity index (χ2v) is 5.09. The highest BCUT2D eigenvalue weighted by Gasteiger charge is 2.12. The molecule has 1 atom stereocenters. The fourth-order valence-electron chi connectivity index (χ4n) is 2.01. The molecule has 1 aromatic heterocycles. The van der Waals surface area contributed by atoms with Crippen molar-refractivity contribution >= 4 is 17.4 Å². The van der Waals surface area contributed by atoms with Gasteiger partial charge in [0, 0.05) is 6.20 Å². The van der Waals surface area contributed by atoms with Crippen LogP contribution in [-0.4, -0.2) is 30.4 Å². The summed E-state index contributed by atoms with van der Waals surface area (Å²) in [6, 6.07) is 9.21. The van der Waals surface area contributed by atoms with Crippen LogP contribution in [0.5, 0.6) is 11.5 Å². The zero-order chi connectivity index (χ0) is 15.9. The average Bonchev–Trinajstić information content (AvgIpc) is 2.54. The number of benzene rings is 1. The normalized spacial score (nSPS) is 11.8. The molecular weight excluding hydrogens is 304 g/mol. The van der Waals surface area contributed by atoms with E-state index in [1.807, 2.05) is 25.1 Å². The smallest absolute Gasteiger partial charge is 0.161 e. The minimum Gasteiger partial charge on any atom is -0.493 e. The minimum atomic E-state index is -0.0406. The maximum atomic E-state index is 8.83. The Morgan fingerprint density at radius 3 is 2.82 bits per heavy atom. The maximum Gasteiger partial charge on any atom is 0.161 e. The number of ether oxygens (including phenoxy) is 2. The Balaban J connectivity index is 2.16. The summed E-state index contributed by atoms with van der Waals surface area (Å²) >= 11 is 6.10. The molecular formula is C16H19ClN2O3. The van der Waals surface area contributed by atoms with Crippen LogP contribution < -0.4 is 14.8 Å². The van der Waals surface area contributed by atoms with Gasteiger partial charge in [0.25, 0.3) is 0 Å². The van der Waals surface area contributed by atoms with E-state index in [4.69, 9.17) is 26.2 Å². The minimum absolute atomic E-state index is 0.00630. The van der Waals surface area contributed by atoms with Gasteiger partial charge in [-0.3, -0.25) is 0 Å². The van der Waals surface area contributed by atoms with E-state index in [0.29, 0.717) is 22.3 Å². The molecule has 0 fully saturated rings. The van der Waals surface area contributed by atoms with E-state index in [1.54, 1.807) is 25.4 Å². The molecule has 22 heavy (non-hydrogen) atoms. The van der Waals surface area contributed by atoms with Crippen molar-refractivity contribution in [3.8, 4) is 11.5 Å². The lowest BCUT2D eigenvalue weighted by atomic mass is 10.1. The zero-order valence-corrected chi connectivity index (χ0v) is 13.3. The molecule has 0 amide bonds. The standard InChI is InChI=1S/C16H19ClN2O3/c1-11(19-16-13(17)4-3-7-18-16)12-5-6-14(22-9-8-20)15(10-12)21-2/h3-7,10-11,20H,8-9H2,1-2H3,(H,18,19)/t11-/m1/s1. The average molecular weight is 323 g/mol. The van der Waals surface area contributed by atoms with Crippen LogP contribution >= 0.6 is 11.6 Å². The lowest BCUT2D eigenvalue weighted by Gasteiger charge is -2.18. The third-order valence-electron chi connectivity index (χ3n) is 3.15. The number of methoxy groups -OCH3 is 1. The van der Waals surface area contributed by atoms with Crippen LogP contribution in [0, 0.1) is 0 Å². The van der Waals surface area contributed by atoms with E-state index in [-0.39, 0.29) is 19.3 Å². The molecule has 118 valence electrons. The lowest BCUT2D eigenvalue weighted by molar-refractivity contribution is 0.196. The molecule has 0 aliphatic heterocycles. The van der Waals surface area contributed by atoms with Crippen LogP contribution in [0.4, 0.5) is 5.82 Å². The van der Waals surface area contributed by atoms with Crippen LogP contribution in [-0.2, 0) is 0 Å². The Labute approximate surface area is 134 Å². The first kappa shape index (κ1) is 16.4. The zero-order valence-electron chi connectivity index (χ0n) is 12.5. The number of nitrogens with one attached hydrogen (secondary N) is 1. The molecule has 0 spiro atoms. The van der Waals surface area contributed by atoms with Crippen molar-refractivity contribution in [1.82, 2.24) is 4.98 Å². The number of aliphatic hydroxyl groups is 1. The lowest BCUT2D eigenvalue weighted by Crippen LogP contribution is -2.09. The molecule has 0 unspecified atom stereocenters. The summed E-state index contributed by atoms with van der Waals surface area (Å²) in [7, 11) is 1.58. The molecule has 2 N–H and O–H groups in total. The highest BCUT2D eigenvalue weighted by atomic mass is 35.5. The molecule has 1 aromatic carbocycles. The van der Waals surface area contributed by atoms with Crippen LogP contribution in [0.15, 0.2) is 36.5 Å². The Hall–Kier alpha value is -1.98. The predicted molar refractivity (Wildman–Crippen MR) is 86.9 cm³/mol. The highest BCUT2D eigenvalue weighted by Crippen LogP contribution is 2.32. The fourth-order valence-corrected chi connectivity index (χ4v) is 2.18. The van der Waals surface area contributed by atoms with Gasteiger partial charge in [-0.1, -0.05) is 17.7 Å². The van der Waals surface area contributed by atoms with Crippen molar-refractivity contribution < 1.29 is 14.6 Å². The van der Waals surface area contributed by atoms with Crippen molar-refractivity contribution in [2.24, 2.45) is 0 Å². The Morgan fingerprint density at radius 1 is 1.32 bits per heavy atom. The molecule has 0 radical (unpaired) electrons. The number of aliphatic hydroxyl groups excluding tert-OH is 1. The van der Waals surface area contributed by atoms with Gasteiger partial charge in [0.2, 0.25) is 0 Å². The number of aromatic nitrogens is 1. The van der Waals surface area contributed by atoms with Crippen molar-refractivity contribution in [1.29, 1.82) is 0 Å². The van der Waals surface area contributed by atoms with Crippen LogP contribution in [0.2, 0.25) is 5.02 Å². The Morgan fingerprint density at radius 2 is 2.14 bits per heavy atom. The fraction of sp³-hybridized carbons (Fsp3) is 0.312.